The third-order valence-electron chi connectivity index (χ3n) is 5.47. The van der Waals surface area contributed by atoms with E-state index in [1.807, 2.05) is 0 Å². The van der Waals surface area contributed by atoms with Crippen molar-refractivity contribution in [3.8, 4) is 11.3 Å². The van der Waals surface area contributed by atoms with Crippen molar-refractivity contribution in [3.63, 3.8) is 0 Å². The van der Waals surface area contributed by atoms with E-state index in [9.17, 15) is 22.7 Å². The number of furan rings is 1. The number of sulfonamides is 1. The van der Waals surface area contributed by atoms with Gasteiger partial charge in [-0.2, -0.15) is 0 Å². The molecular weight excluding hydrogens is 439 g/mol. The Kier molecular flexibility index (Phi) is 5.70. The lowest BCUT2D eigenvalue weighted by Crippen LogP contribution is -2.38. The van der Waals surface area contributed by atoms with Crippen molar-refractivity contribution in [2.75, 3.05) is 30.8 Å². The van der Waals surface area contributed by atoms with Crippen molar-refractivity contribution in [1.82, 2.24) is 5.32 Å². The molecular formula is C22H23FN2O6S. The van der Waals surface area contributed by atoms with Crippen LogP contribution in [0.25, 0.3) is 22.3 Å². The Morgan fingerprint density at radius 3 is 2.56 bits per heavy atom. The van der Waals surface area contributed by atoms with Crippen LogP contribution in [0.4, 0.5) is 10.1 Å². The third kappa shape index (κ3) is 3.85. The Balaban J connectivity index is 2.01. The molecule has 0 fully saturated rings. The molecule has 2 aromatic carbocycles. The monoisotopic (exact) mass is 462 g/mol. The number of carbonyl (C=O) groups excluding carboxylic acids is 1. The van der Waals surface area contributed by atoms with Gasteiger partial charge in [0.05, 0.1) is 42.9 Å². The minimum atomic E-state index is -3.70. The topological polar surface area (TPSA) is 109 Å². The van der Waals surface area contributed by atoms with Gasteiger partial charge in [0.15, 0.2) is 0 Å². The number of halogens is 1. The fraction of sp³-hybridized carbons (Fsp3) is 0.318. The first-order valence-corrected chi connectivity index (χ1v) is 11.8. The van der Waals surface area contributed by atoms with Gasteiger partial charge in [0.2, 0.25) is 10.0 Å². The van der Waals surface area contributed by atoms with Crippen molar-refractivity contribution in [1.29, 1.82) is 0 Å². The molecule has 1 aliphatic rings. The summed E-state index contributed by atoms with van der Waals surface area (Å²) in [6, 6.07) is 8.78. The number of rotatable bonds is 4. The normalized spacial score (nSPS) is 19.0. The Morgan fingerprint density at radius 1 is 1.28 bits per heavy atom. The predicted octanol–water partition coefficient (Wildman–Crippen LogP) is 2.82. The number of anilines is 1. The van der Waals surface area contributed by atoms with Crippen molar-refractivity contribution in [2.45, 2.75) is 19.1 Å². The lowest BCUT2D eigenvalue weighted by molar-refractivity contribution is -0.0227. The van der Waals surface area contributed by atoms with Crippen molar-refractivity contribution in [2.24, 2.45) is 0 Å². The SMILES string of the molecule is CNC(=O)c1c(-c2ccc(F)cc2)oc2cc3c(cc12)[C@H](C)O[C@@H](CO)CN3S(C)(=O)=O. The van der Waals surface area contributed by atoms with E-state index in [2.05, 4.69) is 5.32 Å². The fourth-order valence-corrected chi connectivity index (χ4v) is 4.90. The molecule has 4 rings (SSSR count). The van der Waals surface area contributed by atoms with E-state index in [1.54, 1.807) is 19.1 Å². The summed E-state index contributed by atoms with van der Waals surface area (Å²) in [4.78, 5) is 12.8. The van der Waals surface area contributed by atoms with E-state index in [-0.39, 0.29) is 24.5 Å². The highest BCUT2D eigenvalue weighted by molar-refractivity contribution is 7.92. The lowest BCUT2D eigenvalue weighted by Gasteiger charge is -2.24. The van der Waals surface area contributed by atoms with Gasteiger partial charge in [-0.1, -0.05) is 0 Å². The standard InChI is InChI=1S/C22H23FN2O6S/c1-12-16-8-17-19(9-18(16)25(32(3,28)29)10-15(11-26)30-12)31-21(20(17)22(27)24-2)13-4-6-14(23)7-5-13/h4-9,12,15,26H,10-11H2,1-3H3,(H,24,27)/t12-,15+/m0/s1. The number of amides is 1. The predicted molar refractivity (Wildman–Crippen MR) is 118 cm³/mol. The summed E-state index contributed by atoms with van der Waals surface area (Å²) in [6.45, 7) is 1.34. The van der Waals surface area contributed by atoms with Gasteiger partial charge >= 0.3 is 0 Å². The summed E-state index contributed by atoms with van der Waals surface area (Å²) >= 11 is 0. The zero-order valence-electron chi connectivity index (χ0n) is 17.8. The molecule has 2 N–H and O–H groups in total. The summed E-state index contributed by atoms with van der Waals surface area (Å²) in [5, 5.41) is 12.7. The number of carbonyl (C=O) groups is 1. The van der Waals surface area contributed by atoms with Gasteiger partial charge in [-0.05, 0) is 37.3 Å². The molecule has 2 atom stereocenters. The summed E-state index contributed by atoms with van der Waals surface area (Å²) in [5.74, 6) is -0.586. The Labute approximate surface area is 184 Å². The fourth-order valence-electron chi connectivity index (χ4n) is 3.95. The van der Waals surface area contributed by atoms with Gasteiger partial charge in [0, 0.05) is 29.6 Å². The summed E-state index contributed by atoms with van der Waals surface area (Å²) in [6.07, 6.45) is -0.195. The number of aliphatic hydroxyl groups is 1. The van der Waals surface area contributed by atoms with Crippen LogP contribution in [0.5, 0.6) is 0 Å². The maximum atomic E-state index is 13.4. The summed E-state index contributed by atoms with van der Waals surface area (Å²) in [5.41, 5.74) is 1.94. The highest BCUT2D eigenvalue weighted by Crippen LogP contribution is 2.42. The second kappa shape index (κ2) is 8.19. The number of hydrogen-bond donors (Lipinski definition) is 2. The number of benzene rings is 2. The van der Waals surface area contributed by atoms with E-state index in [0.29, 0.717) is 27.8 Å². The van der Waals surface area contributed by atoms with Crippen molar-refractivity contribution < 1.29 is 31.9 Å². The Hall–Kier alpha value is -2.95. The van der Waals surface area contributed by atoms with Crippen LogP contribution in [-0.2, 0) is 14.8 Å². The summed E-state index contributed by atoms with van der Waals surface area (Å²) < 4.78 is 51.6. The zero-order valence-corrected chi connectivity index (χ0v) is 18.6. The molecule has 170 valence electrons. The van der Waals surface area contributed by atoms with Crippen LogP contribution in [-0.4, -0.2) is 52.0 Å². The molecule has 0 bridgehead atoms. The molecule has 0 saturated carbocycles. The molecule has 32 heavy (non-hydrogen) atoms. The highest BCUT2D eigenvalue weighted by Gasteiger charge is 2.33. The maximum Gasteiger partial charge on any atom is 0.255 e. The highest BCUT2D eigenvalue weighted by atomic mass is 32.2. The number of aliphatic hydroxyl groups excluding tert-OH is 1. The molecule has 1 aromatic heterocycles. The Bertz CT molecular complexity index is 1290. The molecule has 3 aromatic rings. The number of nitrogens with one attached hydrogen (secondary N) is 1. The second-order valence-electron chi connectivity index (χ2n) is 7.68. The Morgan fingerprint density at radius 2 is 1.97 bits per heavy atom. The minimum absolute atomic E-state index is 0.0635. The molecule has 2 heterocycles. The van der Waals surface area contributed by atoms with Crippen LogP contribution in [0.1, 0.15) is 28.9 Å². The third-order valence-corrected chi connectivity index (χ3v) is 6.62. The second-order valence-corrected chi connectivity index (χ2v) is 9.58. The van der Waals surface area contributed by atoms with Gasteiger partial charge in [0.25, 0.3) is 5.91 Å². The smallest absolute Gasteiger partial charge is 0.255 e. The van der Waals surface area contributed by atoms with Crippen LogP contribution in [0.2, 0.25) is 0 Å². The van der Waals surface area contributed by atoms with Crippen molar-refractivity contribution >= 4 is 32.6 Å². The van der Waals surface area contributed by atoms with Crippen LogP contribution < -0.4 is 9.62 Å². The number of hydrogen-bond acceptors (Lipinski definition) is 6. The van der Waals surface area contributed by atoms with Gasteiger partial charge in [-0.25, -0.2) is 12.8 Å². The molecule has 1 aliphatic heterocycles. The van der Waals surface area contributed by atoms with E-state index >= 15 is 0 Å². The van der Waals surface area contributed by atoms with Crippen molar-refractivity contribution in [3.05, 3.63) is 53.3 Å². The van der Waals surface area contributed by atoms with Gasteiger partial charge in [-0.15, -0.1) is 0 Å². The van der Waals surface area contributed by atoms with E-state index < -0.39 is 34.0 Å². The van der Waals surface area contributed by atoms with Crippen LogP contribution in [0, 0.1) is 5.82 Å². The quantitative estimate of drug-likeness (QED) is 0.617. The number of fused-ring (bicyclic) bond motifs is 2. The molecule has 10 heteroatoms. The van der Waals surface area contributed by atoms with E-state index in [0.717, 1.165) is 6.26 Å². The number of ether oxygens (including phenoxy) is 1. The molecule has 8 nitrogen and oxygen atoms in total. The summed E-state index contributed by atoms with van der Waals surface area (Å²) in [7, 11) is -2.21. The van der Waals surface area contributed by atoms with E-state index in [1.165, 1.54) is 35.6 Å². The molecule has 0 radical (unpaired) electrons. The van der Waals surface area contributed by atoms with Crippen LogP contribution >= 0.6 is 0 Å². The van der Waals surface area contributed by atoms with Gasteiger partial charge in [0.1, 0.15) is 17.2 Å². The minimum Gasteiger partial charge on any atom is -0.455 e. The zero-order chi connectivity index (χ0) is 23.2. The van der Waals surface area contributed by atoms with Crippen LogP contribution in [0.3, 0.4) is 0 Å². The van der Waals surface area contributed by atoms with Gasteiger partial charge < -0.3 is 19.6 Å². The van der Waals surface area contributed by atoms with E-state index in [4.69, 9.17) is 9.15 Å². The van der Waals surface area contributed by atoms with Gasteiger partial charge in [-0.3, -0.25) is 9.10 Å². The average Bonchev–Trinajstić information content (AvgIpc) is 3.05. The maximum absolute atomic E-state index is 13.4. The lowest BCUT2D eigenvalue weighted by atomic mass is 10.0. The first-order chi connectivity index (χ1) is 15.1. The molecule has 1 amide bonds. The largest absolute Gasteiger partial charge is 0.455 e. The molecule has 0 unspecified atom stereocenters. The van der Waals surface area contributed by atoms with Crippen LogP contribution in [0.15, 0.2) is 40.8 Å². The first-order valence-electron chi connectivity index (χ1n) is 9.96. The first kappa shape index (κ1) is 22.3. The number of nitrogens with zero attached hydrogens (tertiary/aromatic N) is 1. The molecule has 0 aliphatic carbocycles. The average molecular weight is 462 g/mol. The molecule has 0 saturated heterocycles. The molecule has 0 spiro atoms.